The molecule has 1 aromatic heterocycles. The second-order valence-corrected chi connectivity index (χ2v) is 4.88. The van der Waals surface area contributed by atoms with Crippen molar-refractivity contribution in [2.75, 3.05) is 6.54 Å². The highest BCUT2D eigenvalue weighted by Crippen LogP contribution is 2.25. The SMILES string of the molecule is CCNC(CC(C)C)c1c(Br)nnn1C. The highest BCUT2D eigenvalue weighted by molar-refractivity contribution is 9.10. The average Bonchev–Trinajstić information content (AvgIpc) is 2.45. The smallest absolute Gasteiger partial charge is 0.153 e. The fraction of sp³-hybridized carbons (Fsp3) is 0.800. The summed E-state index contributed by atoms with van der Waals surface area (Å²) in [4.78, 5) is 0. The molecule has 1 heterocycles. The van der Waals surface area contributed by atoms with Gasteiger partial charge < -0.3 is 5.32 Å². The quantitative estimate of drug-likeness (QED) is 0.896. The van der Waals surface area contributed by atoms with Crippen molar-refractivity contribution in [1.82, 2.24) is 20.3 Å². The number of rotatable bonds is 5. The molecule has 0 aliphatic heterocycles. The van der Waals surface area contributed by atoms with Crippen molar-refractivity contribution in [1.29, 1.82) is 0 Å². The second-order valence-electron chi connectivity index (χ2n) is 4.13. The monoisotopic (exact) mass is 274 g/mol. The van der Waals surface area contributed by atoms with Gasteiger partial charge in [-0.05, 0) is 34.8 Å². The molecule has 1 atom stereocenters. The Labute approximate surface area is 99.6 Å². The van der Waals surface area contributed by atoms with Gasteiger partial charge >= 0.3 is 0 Å². The van der Waals surface area contributed by atoms with Crippen molar-refractivity contribution >= 4 is 15.9 Å². The Morgan fingerprint density at radius 2 is 2.13 bits per heavy atom. The van der Waals surface area contributed by atoms with E-state index < -0.39 is 0 Å². The number of nitrogens with zero attached hydrogens (tertiary/aromatic N) is 3. The van der Waals surface area contributed by atoms with E-state index in [0.29, 0.717) is 12.0 Å². The number of hydrogen-bond donors (Lipinski definition) is 1. The van der Waals surface area contributed by atoms with Crippen LogP contribution in [0, 0.1) is 5.92 Å². The van der Waals surface area contributed by atoms with Crippen LogP contribution in [0.15, 0.2) is 4.60 Å². The summed E-state index contributed by atoms with van der Waals surface area (Å²) in [6, 6.07) is 0.323. The molecule has 1 aromatic rings. The third-order valence-electron chi connectivity index (χ3n) is 2.31. The molecule has 1 N–H and O–H groups in total. The first-order valence-electron chi connectivity index (χ1n) is 5.34. The molecule has 0 spiro atoms. The zero-order chi connectivity index (χ0) is 11.4. The summed E-state index contributed by atoms with van der Waals surface area (Å²) in [6.07, 6.45) is 1.09. The first-order valence-corrected chi connectivity index (χ1v) is 6.14. The molecule has 0 aliphatic carbocycles. The lowest BCUT2D eigenvalue weighted by molar-refractivity contribution is 0.416. The maximum atomic E-state index is 4.02. The molecule has 0 fully saturated rings. The highest BCUT2D eigenvalue weighted by atomic mass is 79.9. The molecule has 0 aromatic carbocycles. The van der Waals surface area contributed by atoms with Crippen LogP contribution in [0.1, 0.15) is 38.9 Å². The van der Waals surface area contributed by atoms with E-state index in [0.717, 1.165) is 23.3 Å². The van der Waals surface area contributed by atoms with Crippen molar-refractivity contribution in [3.63, 3.8) is 0 Å². The molecule has 0 saturated carbocycles. The van der Waals surface area contributed by atoms with E-state index in [1.165, 1.54) is 0 Å². The summed E-state index contributed by atoms with van der Waals surface area (Å²) in [5.74, 6) is 0.649. The maximum Gasteiger partial charge on any atom is 0.153 e. The number of hydrogen-bond acceptors (Lipinski definition) is 3. The molecular weight excluding hydrogens is 256 g/mol. The summed E-state index contributed by atoms with van der Waals surface area (Å²) < 4.78 is 2.68. The first-order chi connectivity index (χ1) is 7.06. The lowest BCUT2D eigenvalue weighted by Gasteiger charge is -2.19. The molecule has 0 saturated heterocycles. The van der Waals surface area contributed by atoms with Crippen molar-refractivity contribution in [2.45, 2.75) is 33.2 Å². The fourth-order valence-corrected chi connectivity index (χ4v) is 2.32. The molecule has 0 aliphatic rings. The van der Waals surface area contributed by atoms with E-state index in [9.17, 15) is 0 Å². The van der Waals surface area contributed by atoms with Crippen LogP contribution in [0.5, 0.6) is 0 Å². The number of nitrogens with one attached hydrogen (secondary N) is 1. The van der Waals surface area contributed by atoms with Gasteiger partial charge in [0.25, 0.3) is 0 Å². The van der Waals surface area contributed by atoms with Crippen LogP contribution in [0.3, 0.4) is 0 Å². The lowest BCUT2D eigenvalue weighted by atomic mass is 10.0. The van der Waals surface area contributed by atoms with Gasteiger partial charge in [0.15, 0.2) is 4.60 Å². The normalized spacial score (nSPS) is 13.5. The summed E-state index contributed by atoms with van der Waals surface area (Å²) >= 11 is 3.44. The van der Waals surface area contributed by atoms with Crippen LogP contribution in [0.4, 0.5) is 0 Å². The Hall–Kier alpha value is -0.420. The minimum atomic E-state index is 0.323. The number of aryl methyl sites for hydroxylation is 1. The van der Waals surface area contributed by atoms with Gasteiger partial charge in [0, 0.05) is 7.05 Å². The Kier molecular flexibility index (Phi) is 4.73. The molecule has 86 valence electrons. The molecule has 0 bridgehead atoms. The van der Waals surface area contributed by atoms with E-state index in [2.05, 4.69) is 52.3 Å². The minimum absolute atomic E-state index is 0.323. The van der Waals surface area contributed by atoms with E-state index >= 15 is 0 Å². The number of aromatic nitrogens is 3. The van der Waals surface area contributed by atoms with Crippen LogP contribution in [-0.4, -0.2) is 21.5 Å². The van der Waals surface area contributed by atoms with E-state index in [4.69, 9.17) is 0 Å². The molecular formula is C10H19BrN4. The van der Waals surface area contributed by atoms with Gasteiger partial charge in [-0.1, -0.05) is 26.0 Å². The van der Waals surface area contributed by atoms with Gasteiger partial charge in [-0.25, -0.2) is 4.68 Å². The lowest BCUT2D eigenvalue weighted by Crippen LogP contribution is -2.25. The summed E-state index contributed by atoms with van der Waals surface area (Å²) in [7, 11) is 1.93. The molecule has 1 rings (SSSR count). The van der Waals surface area contributed by atoms with Crippen LogP contribution < -0.4 is 5.32 Å². The summed E-state index contributed by atoms with van der Waals surface area (Å²) in [5.41, 5.74) is 1.13. The van der Waals surface area contributed by atoms with E-state index in [1.807, 2.05) is 11.7 Å². The molecule has 4 nitrogen and oxygen atoms in total. The molecule has 1 unspecified atom stereocenters. The average molecular weight is 275 g/mol. The Morgan fingerprint density at radius 3 is 2.53 bits per heavy atom. The second kappa shape index (κ2) is 5.61. The van der Waals surface area contributed by atoms with Gasteiger partial charge in [-0.15, -0.1) is 5.10 Å². The first kappa shape index (κ1) is 12.6. The number of halogens is 1. The Balaban J connectivity index is 2.87. The van der Waals surface area contributed by atoms with E-state index in [1.54, 1.807) is 0 Å². The predicted molar refractivity (Wildman–Crippen MR) is 64.6 cm³/mol. The van der Waals surface area contributed by atoms with Crippen LogP contribution in [-0.2, 0) is 7.05 Å². The van der Waals surface area contributed by atoms with Crippen molar-refractivity contribution in [3.05, 3.63) is 10.3 Å². The van der Waals surface area contributed by atoms with E-state index in [-0.39, 0.29) is 0 Å². The predicted octanol–water partition coefficient (Wildman–Crippen LogP) is 2.27. The molecule has 5 heteroatoms. The third-order valence-corrected chi connectivity index (χ3v) is 2.88. The largest absolute Gasteiger partial charge is 0.309 e. The van der Waals surface area contributed by atoms with Crippen molar-refractivity contribution in [2.24, 2.45) is 13.0 Å². The Bertz CT molecular complexity index is 289. The van der Waals surface area contributed by atoms with Gasteiger partial charge in [0.1, 0.15) is 0 Å². The molecule has 0 amide bonds. The standard InChI is InChI=1S/C10H19BrN4/c1-5-12-8(6-7(2)3)9-10(11)13-14-15(9)4/h7-8,12H,5-6H2,1-4H3. The summed E-state index contributed by atoms with van der Waals surface area (Å²) in [6.45, 7) is 7.52. The summed E-state index contributed by atoms with van der Waals surface area (Å²) in [5, 5.41) is 11.5. The zero-order valence-electron chi connectivity index (χ0n) is 9.79. The third kappa shape index (κ3) is 3.28. The van der Waals surface area contributed by atoms with Gasteiger partial charge in [0.05, 0.1) is 11.7 Å². The highest BCUT2D eigenvalue weighted by Gasteiger charge is 2.19. The Morgan fingerprint density at radius 1 is 1.47 bits per heavy atom. The van der Waals surface area contributed by atoms with Gasteiger partial charge in [-0.3, -0.25) is 0 Å². The fourth-order valence-electron chi connectivity index (χ4n) is 1.72. The van der Waals surface area contributed by atoms with Crippen LogP contribution >= 0.6 is 15.9 Å². The maximum absolute atomic E-state index is 4.02. The molecule has 0 radical (unpaired) electrons. The van der Waals surface area contributed by atoms with Crippen molar-refractivity contribution < 1.29 is 0 Å². The topological polar surface area (TPSA) is 42.7 Å². The minimum Gasteiger partial charge on any atom is -0.309 e. The zero-order valence-corrected chi connectivity index (χ0v) is 11.4. The van der Waals surface area contributed by atoms with Gasteiger partial charge in [0.2, 0.25) is 0 Å². The van der Waals surface area contributed by atoms with Gasteiger partial charge in [-0.2, -0.15) is 0 Å². The van der Waals surface area contributed by atoms with Crippen LogP contribution in [0.2, 0.25) is 0 Å². The van der Waals surface area contributed by atoms with Crippen LogP contribution in [0.25, 0.3) is 0 Å². The van der Waals surface area contributed by atoms with Crippen molar-refractivity contribution in [3.8, 4) is 0 Å². The molecule has 15 heavy (non-hydrogen) atoms.